The zero-order valence-electron chi connectivity index (χ0n) is 10.7. The van der Waals surface area contributed by atoms with Crippen LogP contribution in [-0.2, 0) is 0 Å². The minimum atomic E-state index is 0.253. The lowest BCUT2D eigenvalue weighted by atomic mass is 10.0. The molecule has 3 N–H and O–H groups in total. The molecule has 1 atom stereocenters. The second-order valence-corrected chi connectivity index (χ2v) is 5.06. The van der Waals surface area contributed by atoms with E-state index in [1.165, 1.54) is 36.8 Å². The van der Waals surface area contributed by atoms with Crippen molar-refractivity contribution in [3.8, 4) is 0 Å². The molecule has 0 aliphatic heterocycles. The van der Waals surface area contributed by atoms with Crippen LogP contribution in [0.1, 0.15) is 42.9 Å². The van der Waals surface area contributed by atoms with E-state index in [1.54, 1.807) is 0 Å². The molecule has 1 aromatic rings. The Kier molecular flexibility index (Phi) is 4.51. The molecule has 3 heteroatoms. The van der Waals surface area contributed by atoms with Crippen LogP contribution in [0.5, 0.6) is 0 Å². The molecule has 0 radical (unpaired) electrons. The lowest BCUT2D eigenvalue weighted by Gasteiger charge is -2.18. The Morgan fingerprint density at radius 2 is 2.35 bits per heavy atom. The van der Waals surface area contributed by atoms with Crippen LogP contribution in [0.3, 0.4) is 0 Å². The van der Waals surface area contributed by atoms with Gasteiger partial charge in [-0.15, -0.1) is 0 Å². The first-order valence-corrected chi connectivity index (χ1v) is 6.65. The molecule has 0 saturated heterocycles. The van der Waals surface area contributed by atoms with Gasteiger partial charge in [0.25, 0.3) is 0 Å². The first-order valence-electron chi connectivity index (χ1n) is 6.65. The maximum absolute atomic E-state index is 5.84. The molecule has 1 aliphatic rings. The van der Waals surface area contributed by atoms with E-state index in [0.29, 0.717) is 6.54 Å². The number of aryl methyl sites for hydroxylation is 1. The molecule has 0 aromatic carbocycles. The van der Waals surface area contributed by atoms with Crippen molar-refractivity contribution in [3.05, 3.63) is 29.6 Å². The van der Waals surface area contributed by atoms with Crippen molar-refractivity contribution in [2.45, 2.75) is 38.6 Å². The summed E-state index contributed by atoms with van der Waals surface area (Å²) in [6, 6.07) is 2.30. The number of rotatable bonds is 7. The first-order chi connectivity index (χ1) is 8.31. The standard InChI is InChI=1S/C14H23N3/c1-11-6-8-16-10-13(11)14(9-15)17-7-2-3-12-4-5-12/h6,8,10,12,14,17H,2-5,7,9,15H2,1H3. The Hall–Kier alpha value is -0.930. The summed E-state index contributed by atoms with van der Waals surface area (Å²) >= 11 is 0. The molecule has 3 nitrogen and oxygen atoms in total. The second-order valence-electron chi connectivity index (χ2n) is 5.06. The monoisotopic (exact) mass is 233 g/mol. The van der Waals surface area contributed by atoms with Crippen molar-refractivity contribution in [2.24, 2.45) is 11.7 Å². The second kappa shape index (κ2) is 6.12. The van der Waals surface area contributed by atoms with Crippen LogP contribution in [0.25, 0.3) is 0 Å². The van der Waals surface area contributed by atoms with Gasteiger partial charge in [0, 0.05) is 25.0 Å². The maximum atomic E-state index is 5.84. The van der Waals surface area contributed by atoms with E-state index in [0.717, 1.165) is 12.5 Å². The van der Waals surface area contributed by atoms with Crippen LogP contribution < -0.4 is 11.1 Å². The van der Waals surface area contributed by atoms with Crippen LogP contribution in [-0.4, -0.2) is 18.1 Å². The van der Waals surface area contributed by atoms with E-state index in [9.17, 15) is 0 Å². The van der Waals surface area contributed by atoms with Gasteiger partial charge in [-0.2, -0.15) is 0 Å². The van der Waals surface area contributed by atoms with E-state index in [1.807, 2.05) is 18.5 Å². The molecule has 1 saturated carbocycles. The molecule has 1 aliphatic carbocycles. The first kappa shape index (κ1) is 12.5. The van der Waals surface area contributed by atoms with Gasteiger partial charge >= 0.3 is 0 Å². The quantitative estimate of drug-likeness (QED) is 0.710. The van der Waals surface area contributed by atoms with Crippen molar-refractivity contribution >= 4 is 0 Å². The molecule has 0 bridgehead atoms. The Balaban J connectivity index is 1.80. The number of nitrogens with zero attached hydrogens (tertiary/aromatic N) is 1. The molecule has 17 heavy (non-hydrogen) atoms. The summed E-state index contributed by atoms with van der Waals surface area (Å²) in [6.45, 7) is 3.81. The summed E-state index contributed by atoms with van der Waals surface area (Å²) in [4.78, 5) is 4.19. The molecule has 94 valence electrons. The minimum absolute atomic E-state index is 0.253. The summed E-state index contributed by atoms with van der Waals surface area (Å²) in [5, 5.41) is 3.54. The number of hydrogen-bond donors (Lipinski definition) is 2. The van der Waals surface area contributed by atoms with Gasteiger partial charge in [0.2, 0.25) is 0 Å². The topological polar surface area (TPSA) is 50.9 Å². The van der Waals surface area contributed by atoms with Crippen molar-refractivity contribution in [2.75, 3.05) is 13.1 Å². The molecular weight excluding hydrogens is 210 g/mol. The van der Waals surface area contributed by atoms with Gasteiger partial charge in [-0.1, -0.05) is 12.8 Å². The third-order valence-electron chi connectivity index (χ3n) is 3.57. The van der Waals surface area contributed by atoms with Crippen molar-refractivity contribution in [3.63, 3.8) is 0 Å². The van der Waals surface area contributed by atoms with E-state index in [-0.39, 0.29) is 6.04 Å². The van der Waals surface area contributed by atoms with Gasteiger partial charge < -0.3 is 11.1 Å². The van der Waals surface area contributed by atoms with Crippen molar-refractivity contribution in [1.82, 2.24) is 10.3 Å². The highest BCUT2D eigenvalue weighted by Gasteiger charge is 2.20. The minimum Gasteiger partial charge on any atom is -0.329 e. The number of nitrogens with two attached hydrogens (primary N) is 1. The van der Waals surface area contributed by atoms with Gasteiger partial charge in [-0.05, 0) is 49.4 Å². The Labute approximate surface area is 104 Å². The number of pyridine rings is 1. The predicted octanol–water partition coefficient (Wildman–Crippen LogP) is 2.17. The van der Waals surface area contributed by atoms with Crippen LogP contribution in [0, 0.1) is 12.8 Å². The summed E-state index contributed by atoms with van der Waals surface area (Å²) in [5.74, 6) is 1.02. The molecular formula is C14H23N3. The summed E-state index contributed by atoms with van der Waals surface area (Å²) < 4.78 is 0. The molecule has 0 spiro atoms. The van der Waals surface area contributed by atoms with Crippen LogP contribution in [0.4, 0.5) is 0 Å². The molecule has 1 aromatic heterocycles. The highest BCUT2D eigenvalue weighted by molar-refractivity contribution is 5.25. The summed E-state index contributed by atoms with van der Waals surface area (Å²) in [5.41, 5.74) is 8.34. The molecule has 1 fully saturated rings. The number of hydrogen-bond acceptors (Lipinski definition) is 3. The van der Waals surface area contributed by atoms with Crippen LogP contribution >= 0.6 is 0 Å². The fraction of sp³-hybridized carbons (Fsp3) is 0.643. The van der Waals surface area contributed by atoms with E-state index in [2.05, 4.69) is 17.2 Å². The third-order valence-corrected chi connectivity index (χ3v) is 3.57. The summed E-state index contributed by atoms with van der Waals surface area (Å²) in [6.07, 6.45) is 9.29. The highest BCUT2D eigenvalue weighted by Crippen LogP contribution is 2.33. The fourth-order valence-electron chi connectivity index (χ4n) is 2.23. The van der Waals surface area contributed by atoms with Crippen molar-refractivity contribution < 1.29 is 0 Å². The average Bonchev–Trinajstić information content (AvgIpc) is 3.15. The SMILES string of the molecule is Cc1ccncc1C(CN)NCCCC1CC1. The molecule has 0 amide bonds. The molecule has 1 unspecified atom stereocenters. The Morgan fingerprint density at radius 3 is 3.00 bits per heavy atom. The predicted molar refractivity (Wildman–Crippen MR) is 70.7 cm³/mol. The smallest absolute Gasteiger partial charge is 0.0462 e. The fourth-order valence-corrected chi connectivity index (χ4v) is 2.23. The van der Waals surface area contributed by atoms with Gasteiger partial charge in [-0.25, -0.2) is 0 Å². The molecule has 2 rings (SSSR count). The van der Waals surface area contributed by atoms with Gasteiger partial charge in [0.15, 0.2) is 0 Å². The van der Waals surface area contributed by atoms with Gasteiger partial charge in [0.1, 0.15) is 0 Å². The van der Waals surface area contributed by atoms with Gasteiger partial charge in [0.05, 0.1) is 0 Å². The van der Waals surface area contributed by atoms with Crippen molar-refractivity contribution in [1.29, 1.82) is 0 Å². The molecule has 1 heterocycles. The van der Waals surface area contributed by atoms with Crippen LogP contribution in [0.15, 0.2) is 18.5 Å². The zero-order valence-corrected chi connectivity index (χ0v) is 10.7. The van der Waals surface area contributed by atoms with E-state index >= 15 is 0 Å². The number of aromatic nitrogens is 1. The third kappa shape index (κ3) is 3.79. The Bertz CT molecular complexity index is 347. The Morgan fingerprint density at radius 1 is 1.53 bits per heavy atom. The average molecular weight is 233 g/mol. The lowest BCUT2D eigenvalue weighted by Crippen LogP contribution is -2.29. The zero-order chi connectivity index (χ0) is 12.1. The largest absolute Gasteiger partial charge is 0.329 e. The number of nitrogens with one attached hydrogen (secondary N) is 1. The van der Waals surface area contributed by atoms with Crippen LogP contribution in [0.2, 0.25) is 0 Å². The maximum Gasteiger partial charge on any atom is 0.0462 e. The highest BCUT2D eigenvalue weighted by atomic mass is 14.9. The summed E-state index contributed by atoms with van der Waals surface area (Å²) in [7, 11) is 0. The normalized spacial score (nSPS) is 17.1. The lowest BCUT2D eigenvalue weighted by molar-refractivity contribution is 0.509. The van der Waals surface area contributed by atoms with E-state index < -0.39 is 0 Å². The van der Waals surface area contributed by atoms with E-state index in [4.69, 9.17) is 5.73 Å². The van der Waals surface area contributed by atoms with Gasteiger partial charge in [-0.3, -0.25) is 4.98 Å².